The molecule has 5 aliphatic rings. The van der Waals surface area contributed by atoms with Gasteiger partial charge in [0.2, 0.25) is 0 Å². The van der Waals surface area contributed by atoms with Crippen molar-refractivity contribution in [1.82, 2.24) is 0 Å². The van der Waals surface area contributed by atoms with Crippen LogP contribution in [0.2, 0.25) is 0 Å². The van der Waals surface area contributed by atoms with E-state index in [1.54, 1.807) is 0 Å². The predicted octanol–water partition coefficient (Wildman–Crippen LogP) is 6.75. The van der Waals surface area contributed by atoms with E-state index in [9.17, 15) is 4.79 Å². The first-order valence-corrected chi connectivity index (χ1v) is 13.2. The summed E-state index contributed by atoms with van der Waals surface area (Å²) in [4.78, 5) is 12.7. The second kappa shape index (κ2) is 7.81. The van der Waals surface area contributed by atoms with Crippen molar-refractivity contribution in [3.8, 4) is 11.5 Å². The minimum absolute atomic E-state index is 0.0589. The van der Waals surface area contributed by atoms with E-state index in [0.29, 0.717) is 35.7 Å². The molecular weight excluding hydrogens is 384 g/mol. The Kier molecular flexibility index (Phi) is 5.07. The molecule has 0 radical (unpaired) electrons. The lowest BCUT2D eigenvalue weighted by Gasteiger charge is -2.48. The Labute approximate surface area is 187 Å². The second-order valence-electron chi connectivity index (χ2n) is 11.4. The van der Waals surface area contributed by atoms with Crippen molar-refractivity contribution in [1.29, 1.82) is 0 Å². The molecule has 0 N–H and O–H groups in total. The summed E-state index contributed by atoms with van der Waals surface area (Å²) >= 11 is 0. The number of rotatable bonds is 4. The van der Waals surface area contributed by atoms with Gasteiger partial charge in [-0.15, -0.1) is 0 Å². The number of carbonyl (C=O) groups excluding carboxylic acids is 1. The van der Waals surface area contributed by atoms with Gasteiger partial charge < -0.3 is 9.47 Å². The monoisotopic (exact) mass is 422 g/mol. The van der Waals surface area contributed by atoms with Crippen LogP contribution in [0.1, 0.15) is 107 Å². The normalized spacial score (nSPS) is 35.6. The number of ether oxygens (including phenoxy) is 2. The minimum Gasteiger partial charge on any atom is -0.490 e. The third-order valence-corrected chi connectivity index (χ3v) is 9.67. The first kappa shape index (κ1) is 20.1. The number of carbonyl (C=O) groups is 1. The summed E-state index contributed by atoms with van der Waals surface area (Å²) in [5.41, 5.74) is 2.90. The van der Waals surface area contributed by atoms with Gasteiger partial charge in [0.05, 0.1) is 12.2 Å². The second-order valence-corrected chi connectivity index (χ2v) is 11.4. The fraction of sp³-hybridized carbons (Fsp3) is 0.750. The lowest BCUT2D eigenvalue weighted by Crippen LogP contribution is -2.42. The van der Waals surface area contributed by atoms with Crippen LogP contribution in [0.25, 0.3) is 0 Å². The summed E-state index contributed by atoms with van der Waals surface area (Å²) in [5, 5.41) is 0. The van der Waals surface area contributed by atoms with Gasteiger partial charge in [0.1, 0.15) is 17.3 Å². The molecular formula is C28H38O3. The number of hydrogen-bond donors (Lipinski definition) is 0. The first-order chi connectivity index (χ1) is 15.1. The number of fused-ring (bicyclic) bond motifs is 5. The number of Topliss-reactive ketones (excluding diaryl/α,β-unsaturated/α-hetero) is 1. The maximum absolute atomic E-state index is 12.7. The zero-order chi connectivity index (χ0) is 21.0. The highest BCUT2D eigenvalue weighted by atomic mass is 16.5. The maximum Gasteiger partial charge on any atom is 0.139 e. The molecule has 0 spiro atoms. The van der Waals surface area contributed by atoms with Gasteiger partial charge in [-0.2, -0.15) is 0 Å². The van der Waals surface area contributed by atoms with Gasteiger partial charge in [0.25, 0.3) is 0 Å². The van der Waals surface area contributed by atoms with Crippen LogP contribution in [0.3, 0.4) is 0 Å². The van der Waals surface area contributed by atoms with Gasteiger partial charge in [-0.25, -0.2) is 0 Å². The Morgan fingerprint density at radius 2 is 1.55 bits per heavy atom. The van der Waals surface area contributed by atoms with Gasteiger partial charge >= 0.3 is 0 Å². The van der Waals surface area contributed by atoms with Crippen molar-refractivity contribution in [2.24, 2.45) is 17.3 Å². The molecule has 1 aromatic carbocycles. The Hall–Kier alpha value is -1.51. The van der Waals surface area contributed by atoms with E-state index < -0.39 is 0 Å². The summed E-state index contributed by atoms with van der Waals surface area (Å²) in [7, 11) is 0. The third kappa shape index (κ3) is 3.42. The van der Waals surface area contributed by atoms with Gasteiger partial charge in [0, 0.05) is 23.5 Å². The van der Waals surface area contributed by atoms with E-state index >= 15 is 0 Å². The molecule has 0 bridgehead atoms. The Morgan fingerprint density at radius 3 is 2.29 bits per heavy atom. The van der Waals surface area contributed by atoms with E-state index in [4.69, 9.17) is 9.47 Å². The summed E-state index contributed by atoms with van der Waals surface area (Å²) in [6, 6.07) is 4.59. The largest absolute Gasteiger partial charge is 0.490 e. The van der Waals surface area contributed by atoms with Crippen LogP contribution in [0, 0.1) is 17.3 Å². The van der Waals surface area contributed by atoms with Gasteiger partial charge in [-0.3, -0.25) is 4.79 Å². The molecule has 0 saturated heterocycles. The highest BCUT2D eigenvalue weighted by Crippen LogP contribution is 2.61. The molecule has 1 aromatic rings. The maximum atomic E-state index is 12.7. The van der Waals surface area contributed by atoms with Crippen molar-refractivity contribution in [3.63, 3.8) is 0 Å². The molecule has 0 aromatic heterocycles. The highest BCUT2D eigenvalue weighted by Gasteiger charge is 2.55. The van der Waals surface area contributed by atoms with Crippen molar-refractivity contribution in [2.45, 2.75) is 115 Å². The van der Waals surface area contributed by atoms with E-state index in [-0.39, 0.29) is 5.41 Å². The van der Waals surface area contributed by atoms with Crippen LogP contribution in [0.5, 0.6) is 11.5 Å². The average Bonchev–Trinajstić information content (AvgIpc) is 3.51. The molecule has 6 rings (SSSR count). The Balaban J connectivity index is 1.35. The molecule has 0 aliphatic heterocycles. The molecule has 0 heterocycles. The minimum atomic E-state index is -0.0589. The van der Waals surface area contributed by atoms with Gasteiger partial charge in [-0.1, -0.05) is 6.92 Å². The number of ketones is 1. The van der Waals surface area contributed by atoms with E-state index in [0.717, 1.165) is 43.6 Å². The highest BCUT2D eigenvalue weighted by molar-refractivity contribution is 5.87. The van der Waals surface area contributed by atoms with Crippen LogP contribution >= 0.6 is 0 Å². The quantitative estimate of drug-likeness (QED) is 0.538. The van der Waals surface area contributed by atoms with Crippen molar-refractivity contribution >= 4 is 5.78 Å². The molecule has 5 aliphatic carbocycles. The van der Waals surface area contributed by atoms with E-state index in [2.05, 4.69) is 19.1 Å². The zero-order valence-corrected chi connectivity index (χ0v) is 19.2. The van der Waals surface area contributed by atoms with Crippen molar-refractivity contribution < 1.29 is 14.3 Å². The molecule has 3 nitrogen and oxygen atoms in total. The molecule has 0 amide bonds. The number of benzene rings is 1. The molecule has 4 saturated carbocycles. The van der Waals surface area contributed by atoms with Crippen LogP contribution in [-0.4, -0.2) is 18.0 Å². The SMILES string of the molecule is C[C@]12CC[C@@H]3c4c(cc(OC5CCCC5)cc4OC4CCCC4)CC[C@@H]3[C@@H]1CCC2=O. The molecule has 31 heavy (non-hydrogen) atoms. The van der Waals surface area contributed by atoms with Crippen LogP contribution in [-0.2, 0) is 11.2 Å². The summed E-state index contributed by atoms with van der Waals surface area (Å²) < 4.78 is 13.2. The summed E-state index contributed by atoms with van der Waals surface area (Å²) in [6.45, 7) is 2.27. The summed E-state index contributed by atoms with van der Waals surface area (Å²) in [5.74, 6) is 4.47. The smallest absolute Gasteiger partial charge is 0.139 e. The molecule has 4 atom stereocenters. The fourth-order valence-corrected chi connectivity index (χ4v) is 7.98. The number of hydrogen-bond acceptors (Lipinski definition) is 3. The first-order valence-electron chi connectivity index (χ1n) is 13.2. The molecule has 0 unspecified atom stereocenters. The van der Waals surface area contributed by atoms with E-state index in [1.165, 1.54) is 68.9 Å². The Bertz CT molecular complexity index is 848. The summed E-state index contributed by atoms with van der Waals surface area (Å²) in [6.07, 6.45) is 17.1. The average molecular weight is 423 g/mol. The van der Waals surface area contributed by atoms with E-state index in [1.807, 2.05) is 0 Å². The predicted molar refractivity (Wildman–Crippen MR) is 122 cm³/mol. The van der Waals surface area contributed by atoms with Gasteiger partial charge in [-0.05, 0) is 113 Å². The van der Waals surface area contributed by atoms with Crippen LogP contribution < -0.4 is 9.47 Å². The molecule has 3 heteroatoms. The standard InChI is InChI=1S/C28H38O3/c1-28-15-14-23-22(24(28)12-13-26(28)29)11-10-18-16-21(30-19-6-2-3-7-19)17-25(27(18)23)31-20-8-4-5-9-20/h16-17,19-20,22-24H,2-15H2,1H3/t22-,23-,24-,28-/m0/s1. The van der Waals surface area contributed by atoms with Gasteiger partial charge in [0.15, 0.2) is 0 Å². The lowest BCUT2D eigenvalue weighted by molar-refractivity contribution is -0.129. The number of aryl methyl sites for hydroxylation is 1. The van der Waals surface area contributed by atoms with Crippen molar-refractivity contribution in [2.75, 3.05) is 0 Å². The molecule has 4 fully saturated rings. The fourth-order valence-electron chi connectivity index (χ4n) is 7.98. The Morgan fingerprint density at radius 1 is 0.839 bits per heavy atom. The van der Waals surface area contributed by atoms with Crippen molar-refractivity contribution in [3.05, 3.63) is 23.3 Å². The topological polar surface area (TPSA) is 35.5 Å². The third-order valence-electron chi connectivity index (χ3n) is 9.67. The van der Waals surface area contributed by atoms with Crippen LogP contribution in [0.15, 0.2) is 12.1 Å². The van der Waals surface area contributed by atoms with Crippen LogP contribution in [0.4, 0.5) is 0 Å². The molecule has 168 valence electrons. The lowest BCUT2D eigenvalue weighted by atomic mass is 9.55. The zero-order valence-electron chi connectivity index (χ0n) is 19.2.